The van der Waals surface area contributed by atoms with Crippen LogP contribution in [-0.2, 0) is 0 Å². The molecule has 0 radical (unpaired) electrons. The quantitative estimate of drug-likeness (QED) is 0.537. The SMILES string of the molecule is CC(CO)N[C@@H]1CCC[C@H]1O. The zero-order valence-corrected chi connectivity index (χ0v) is 6.95. The summed E-state index contributed by atoms with van der Waals surface area (Å²) in [5.74, 6) is 0. The van der Waals surface area contributed by atoms with Gasteiger partial charge in [0.05, 0.1) is 12.7 Å². The van der Waals surface area contributed by atoms with E-state index in [2.05, 4.69) is 5.32 Å². The Morgan fingerprint density at radius 3 is 2.73 bits per heavy atom. The molecule has 0 aromatic heterocycles. The van der Waals surface area contributed by atoms with Crippen LogP contribution in [0.5, 0.6) is 0 Å². The third-order valence-corrected chi connectivity index (χ3v) is 2.25. The molecule has 11 heavy (non-hydrogen) atoms. The van der Waals surface area contributed by atoms with Gasteiger partial charge < -0.3 is 15.5 Å². The van der Waals surface area contributed by atoms with Crippen LogP contribution in [0.1, 0.15) is 26.2 Å². The predicted octanol–water partition coefficient (Wildman–Crippen LogP) is -0.130. The average molecular weight is 159 g/mol. The lowest BCUT2D eigenvalue weighted by Gasteiger charge is -2.20. The largest absolute Gasteiger partial charge is 0.395 e. The molecule has 0 saturated heterocycles. The van der Waals surface area contributed by atoms with Gasteiger partial charge in [-0.2, -0.15) is 0 Å². The lowest BCUT2D eigenvalue weighted by Crippen LogP contribution is -2.42. The molecule has 0 aromatic rings. The van der Waals surface area contributed by atoms with E-state index in [4.69, 9.17) is 5.11 Å². The second kappa shape index (κ2) is 4.04. The fraction of sp³-hybridized carbons (Fsp3) is 1.00. The van der Waals surface area contributed by atoms with E-state index in [1.807, 2.05) is 6.92 Å². The first-order chi connectivity index (χ1) is 5.24. The van der Waals surface area contributed by atoms with Gasteiger partial charge in [-0.1, -0.05) is 0 Å². The summed E-state index contributed by atoms with van der Waals surface area (Å²) in [7, 11) is 0. The second-order valence-electron chi connectivity index (χ2n) is 3.36. The van der Waals surface area contributed by atoms with E-state index in [-0.39, 0.29) is 24.8 Å². The van der Waals surface area contributed by atoms with E-state index in [1.54, 1.807) is 0 Å². The highest BCUT2D eigenvalue weighted by atomic mass is 16.3. The molecule has 0 amide bonds. The zero-order valence-electron chi connectivity index (χ0n) is 6.95. The van der Waals surface area contributed by atoms with E-state index in [9.17, 15) is 5.11 Å². The summed E-state index contributed by atoms with van der Waals surface area (Å²) in [6, 6.07) is 0.310. The minimum atomic E-state index is -0.205. The molecule has 3 atom stereocenters. The zero-order chi connectivity index (χ0) is 8.27. The van der Waals surface area contributed by atoms with Gasteiger partial charge in [0, 0.05) is 12.1 Å². The minimum Gasteiger partial charge on any atom is -0.395 e. The number of aliphatic hydroxyl groups is 2. The molecule has 66 valence electrons. The molecule has 1 unspecified atom stereocenters. The fourth-order valence-electron chi connectivity index (χ4n) is 1.55. The maximum atomic E-state index is 9.39. The van der Waals surface area contributed by atoms with Crippen LogP contribution in [0.3, 0.4) is 0 Å². The molecule has 1 rings (SSSR count). The maximum absolute atomic E-state index is 9.39. The van der Waals surface area contributed by atoms with Crippen molar-refractivity contribution < 1.29 is 10.2 Å². The van der Waals surface area contributed by atoms with Crippen LogP contribution >= 0.6 is 0 Å². The first-order valence-corrected chi connectivity index (χ1v) is 4.29. The Morgan fingerprint density at radius 2 is 2.27 bits per heavy atom. The summed E-state index contributed by atoms with van der Waals surface area (Å²) in [5, 5.41) is 21.3. The van der Waals surface area contributed by atoms with Gasteiger partial charge in [-0.3, -0.25) is 0 Å². The normalized spacial score (nSPS) is 34.1. The van der Waals surface area contributed by atoms with E-state index in [0.717, 1.165) is 19.3 Å². The number of rotatable bonds is 3. The Hall–Kier alpha value is -0.120. The van der Waals surface area contributed by atoms with E-state index < -0.39 is 0 Å². The third-order valence-electron chi connectivity index (χ3n) is 2.25. The topological polar surface area (TPSA) is 52.5 Å². The summed E-state index contributed by atoms with van der Waals surface area (Å²) >= 11 is 0. The average Bonchev–Trinajstić information content (AvgIpc) is 2.37. The van der Waals surface area contributed by atoms with Crippen molar-refractivity contribution in [2.45, 2.75) is 44.4 Å². The summed E-state index contributed by atoms with van der Waals surface area (Å²) in [5.41, 5.74) is 0. The molecule has 1 aliphatic carbocycles. The van der Waals surface area contributed by atoms with Gasteiger partial charge in [0.2, 0.25) is 0 Å². The monoisotopic (exact) mass is 159 g/mol. The van der Waals surface area contributed by atoms with Crippen molar-refractivity contribution in [2.75, 3.05) is 6.61 Å². The standard InChI is InChI=1S/C8H17NO2/c1-6(5-10)9-7-3-2-4-8(7)11/h6-11H,2-5H2,1H3/t6?,7-,8-/m1/s1. The highest BCUT2D eigenvalue weighted by molar-refractivity contribution is 4.84. The number of aliphatic hydroxyl groups excluding tert-OH is 2. The van der Waals surface area contributed by atoms with Crippen molar-refractivity contribution in [1.82, 2.24) is 5.32 Å². The molecule has 0 spiro atoms. The molecule has 0 aromatic carbocycles. The van der Waals surface area contributed by atoms with Crippen molar-refractivity contribution in [1.29, 1.82) is 0 Å². The van der Waals surface area contributed by atoms with Crippen LogP contribution in [0.2, 0.25) is 0 Å². The van der Waals surface area contributed by atoms with Crippen LogP contribution in [0.15, 0.2) is 0 Å². The smallest absolute Gasteiger partial charge is 0.0693 e. The van der Waals surface area contributed by atoms with Gasteiger partial charge in [-0.05, 0) is 26.2 Å². The predicted molar refractivity (Wildman–Crippen MR) is 43.3 cm³/mol. The van der Waals surface area contributed by atoms with E-state index in [1.165, 1.54) is 0 Å². The molecule has 1 saturated carbocycles. The molecule has 0 aliphatic heterocycles. The Morgan fingerprint density at radius 1 is 1.55 bits per heavy atom. The lowest BCUT2D eigenvalue weighted by molar-refractivity contribution is 0.134. The molecule has 1 fully saturated rings. The van der Waals surface area contributed by atoms with Gasteiger partial charge in [0.25, 0.3) is 0 Å². The number of nitrogens with one attached hydrogen (secondary N) is 1. The highest BCUT2D eigenvalue weighted by Gasteiger charge is 2.25. The Kier molecular flexibility index (Phi) is 3.30. The highest BCUT2D eigenvalue weighted by Crippen LogP contribution is 2.18. The Bertz CT molecular complexity index is 119. The van der Waals surface area contributed by atoms with Crippen LogP contribution < -0.4 is 5.32 Å². The van der Waals surface area contributed by atoms with Gasteiger partial charge in [-0.15, -0.1) is 0 Å². The number of hydrogen-bond acceptors (Lipinski definition) is 3. The van der Waals surface area contributed by atoms with Gasteiger partial charge in [0.15, 0.2) is 0 Å². The van der Waals surface area contributed by atoms with Crippen molar-refractivity contribution in [3.63, 3.8) is 0 Å². The molecule has 3 heteroatoms. The van der Waals surface area contributed by atoms with Crippen molar-refractivity contribution >= 4 is 0 Å². The molecule has 1 aliphatic rings. The molecular weight excluding hydrogens is 142 g/mol. The summed E-state index contributed by atoms with van der Waals surface area (Å²) in [6.45, 7) is 2.06. The van der Waals surface area contributed by atoms with E-state index in [0.29, 0.717) is 0 Å². The van der Waals surface area contributed by atoms with Gasteiger partial charge in [0.1, 0.15) is 0 Å². The van der Waals surface area contributed by atoms with Crippen LogP contribution in [-0.4, -0.2) is 35.0 Å². The van der Waals surface area contributed by atoms with E-state index >= 15 is 0 Å². The third kappa shape index (κ3) is 2.43. The summed E-state index contributed by atoms with van der Waals surface area (Å²) in [4.78, 5) is 0. The summed E-state index contributed by atoms with van der Waals surface area (Å²) in [6.07, 6.45) is 2.82. The van der Waals surface area contributed by atoms with Crippen LogP contribution in [0.25, 0.3) is 0 Å². The minimum absolute atomic E-state index is 0.104. The molecule has 3 nitrogen and oxygen atoms in total. The van der Waals surface area contributed by atoms with Crippen molar-refractivity contribution in [2.24, 2.45) is 0 Å². The molecular formula is C8H17NO2. The van der Waals surface area contributed by atoms with Crippen molar-refractivity contribution in [3.8, 4) is 0 Å². The molecule has 0 heterocycles. The molecule has 0 bridgehead atoms. The maximum Gasteiger partial charge on any atom is 0.0693 e. The Balaban J connectivity index is 2.24. The molecule has 3 N–H and O–H groups in total. The lowest BCUT2D eigenvalue weighted by atomic mass is 10.2. The fourth-order valence-corrected chi connectivity index (χ4v) is 1.55. The van der Waals surface area contributed by atoms with Gasteiger partial charge in [-0.25, -0.2) is 0 Å². The Labute approximate surface area is 67.4 Å². The van der Waals surface area contributed by atoms with Gasteiger partial charge >= 0.3 is 0 Å². The second-order valence-corrected chi connectivity index (χ2v) is 3.36. The van der Waals surface area contributed by atoms with Crippen molar-refractivity contribution in [3.05, 3.63) is 0 Å². The first-order valence-electron chi connectivity index (χ1n) is 4.29. The van der Waals surface area contributed by atoms with Crippen LogP contribution in [0.4, 0.5) is 0 Å². The first kappa shape index (κ1) is 8.97. The number of hydrogen-bond donors (Lipinski definition) is 3. The summed E-state index contributed by atoms with van der Waals surface area (Å²) < 4.78 is 0. The van der Waals surface area contributed by atoms with Crippen LogP contribution in [0, 0.1) is 0 Å².